The number of nitrogens with one attached hydrogen (secondary N) is 1. The zero-order valence-electron chi connectivity index (χ0n) is 11.0. The molecule has 7 nitrogen and oxygen atoms in total. The standard InChI is InChI=1S/C12H14N2O5S/c1-7(15)5-12(17)14-20(18,19)11-4-3-9(13)6-10(11)8(2)16/h3-4,6H,5,13H2,1-2H3,(H,14,17). The number of hydrogen-bond donors (Lipinski definition) is 2. The Kier molecular flexibility index (Phi) is 4.61. The van der Waals surface area contributed by atoms with Crippen LogP contribution in [0.1, 0.15) is 30.6 Å². The lowest BCUT2D eigenvalue weighted by molar-refractivity contribution is -0.126. The normalized spacial score (nSPS) is 10.9. The number of hydrogen-bond acceptors (Lipinski definition) is 6. The van der Waals surface area contributed by atoms with Crippen LogP contribution < -0.4 is 10.5 Å². The van der Waals surface area contributed by atoms with Gasteiger partial charge in [0, 0.05) is 11.3 Å². The van der Waals surface area contributed by atoms with Gasteiger partial charge in [-0.25, -0.2) is 13.1 Å². The van der Waals surface area contributed by atoms with Gasteiger partial charge in [-0.05, 0) is 32.0 Å². The number of amides is 1. The highest BCUT2D eigenvalue weighted by molar-refractivity contribution is 7.90. The molecule has 0 atom stereocenters. The monoisotopic (exact) mass is 298 g/mol. The fraction of sp³-hybridized carbons (Fsp3) is 0.250. The molecule has 0 bridgehead atoms. The lowest BCUT2D eigenvalue weighted by atomic mass is 10.1. The quantitative estimate of drug-likeness (QED) is 0.456. The zero-order chi connectivity index (χ0) is 15.5. The van der Waals surface area contributed by atoms with E-state index in [9.17, 15) is 22.8 Å². The van der Waals surface area contributed by atoms with Crippen molar-refractivity contribution in [2.24, 2.45) is 0 Å². The highest BCUT2D eigenvalue weighted by Crippen LogP contribution is 2.19. The van der Waals surface area contributed by atoms with Crippen LogP contribution in [0.3, 0.4) is 0 Å². The summed E-state index contributed by atoms with van der Waals surface area (Å²) in [5.41, 5.74) is 5.61. The molecule has 0 aromatic heterocycles. The van der Waals surface area contributed by atoms with E-state index >= 15 is 0 Å². The Labute approximate surface area is 116 Å². The Hall–Kier alpha value is -2.22. The summed E-state index contributed by atoms with van der Waals surface area (Å²) < 4.78 is 25.8. The summed E-state index contributed by atoms with van der Waals surface area (Å²) in [6.07, 6.45) is -0.552. The van der Waals surface area contributed by atoms with E-state index in [4.69, 9.17) is 5.73 Å². The molecule has 20 heavy (non-hydrogen) atoms. The Balaban J connectivity index is 3.19. The van der Waals surface area contributed by atoms with Gasteiger partial charge >= 0.3 is 0 Å². The third-order valence-electron chi connectivity index (χ3n) is 2.33. The molecule has 0 radical (unpaired) electrons. The lowest BCUT2D eigenvalue weighted by Gasteiger charge is -2.10. The van der Waals surface area contributed by atoms with E-state index in [-0.39, 0.29) is 16.1 Å². The molecule has 0 unspecified atom stereocenters. The first-order chi connectivity index (χ1) is 9.13. The van der Waals surface area contributed by atoms with Crippen LogP contribution in [0.5, 0.6) is 0 Å². The highest BCUT2D eigenvalue weighted by Gasteiger charge is 2.23. The second-order valence-electron chi connectivity index (χ2n) is 4.22. The fourth-order valence-corrected chi connectivity index (χ4v) is 2.75. The topological polar surface area (TPSA) is 123 Å². The predicted octanol–water partition coefficient (Wildman–Crippen LogP) is 0.255. The van der Waals surface area contributed by atoms with E-state index in [0.717, 1.165) is 13.0 Å². The minimum atomic E-state index is -4.23. The van der Waals surface area contributed by atoms with Gasteiger partial charge in [-0.1, -0.05) is 0 Å². The van der Waals surface area contributed by atoms with Crippen LogP contribution in [0.4, 0.5) is 5.69 Å². The molecule has 0 heterocycles. The average Bonchev–Trinajstić information content (AvgIpc) is 2.26. The predicted molar refractivity (Wildman–Crippen MR) is 71.5 cm³/mol. The Morgan fingerprint density at radius 1 is 1.20 bits per heavy atom. The third kappa shape index (κ3) is 3.89. The number of carbonyl (C=O) groups excluding carboxylic acids is 3. The molecule has 0 aliphatic heterocycles. The number of nitrogens with two attached hydrogens (primary N) is 1. The van der Waals surface area contributed by atoms with E-state index in [2.05, 4.69) is 0 Å². The van der Waals surface area contributed by atoms with Crippen molar-refractivity contribution in [3.63, 3.8) is 0 Å². The van der Waals surface area contributed by atoms with Crippen LogP contribution in [0.25, 0.3) is 0 Å². The van der Waals surface area contributed by atoms with Gasteiger partial charge in [-0.2, -0.15) is 0 Å². The summed E-state index contributed by atoms with van der Waals surface area (Å²) in [7, 11) is -4.23. The SMILES string of the molecule is CC(=O)CC(=O)NS(=O)(=O)c1ccc(N)cc1C(C)=O. The van der Waals surface area contributed by atoms with Crippen LogP contribution >= 0.6 is 0 Å². The van der Waals surface area contributed by atoms with Crippen LogP contribution in [0, 0.1) is 0 Å². The first-order valence-electron chi connectivity index (χ1n) is 5.59. The van der Waals surface area contributed by atoms with E-state index < -0.39 is 33.9 Å². The minimum Gasteiger partial charge on any atom is -0.399 e. The molecule has 3 N–H and O–H groups in total. The first-order valence-corrected chi connectivity index (χ1v) is 7.07. The van der Waals surface area contributed by atoms with Crippen LogP contribution in [0.2, 0.25) is 0 Å². The van der Waals surface area contributed by atoms with Gasteiger partial charge in [-0.3, -0.25) is 14.4 Å². The molecule has 1 aromatic rings. The Bertz CT molecular complexity index is 679. The number of rotatable bonds is 5. The molecule has 0 saturated heterocycles. The number of carbonyl (C=O) groups is 3. The molecule has 1 rings (SSSR count). The van der Waals surface area contributed by atoms with Crippen molar-refractivity contribution in [3.8, 4) is 0 Å². The number of Topliss-reactive ketones (excluding diaryl/α,β-unsaturated/α-hetero) is 2. The summed E-state index contributed by atoms with van der Waals surface area (Å²) >= 11 is 0. The Morgan fingerprint density at radius 2 is 1.80 bits per heavy atom. The third-order valence-corrected chi connectivity index (χ3v) is 3.76. The summed E-state index contributed by atoms with van der Waals surface area (Å²) in [4.78, 5) is 33.2. The molecule has 0 spiro atoms. The molecule has 8 heteroatoms. The summed E-state index contributed by atoms with van der Waals surface area (Å²) in [6.45, 7) is 2.35. The second kappa shape index (κ2) is 5.83. The molecule has 0 fully saturated rings. The molecule has 1 aromatic carbocycles. The molecule has 0 aliphatic carbocycles. The number of sulfonamides is 1. The van der Waals surface area contributed by atoms with Crippen molar-refractivity contribution in [1.29, 1.82) is 0 Å². The molecule has 1 amide bonds. The van der Waals surface area contributed by atoms with Gasteiger partial charge in [0.1, 0.15) is 5.78 Å². The second-order valence-corrected chi connectivity index (χ2v) is 5.87. The van der Waals surface area contributed by atoms with Crippen LogP contribution in [0.15, 0.2) is 23.1 Å². The largest absolute Gasteiger partial charge is 0.399 e. The minimum absolute atomic E-state index is 0.117. The fourth-order valence-electron chi connectivity index (χ4n) is 1.52. The number of ketones is 2. The van der Waals surface area contributed by atoms with E-state index in [1.807, 2.05) is 0 Å². The Morgan fingerprint density at radius 3 is 2.30 bits per heavy atom. The van der Waals surface area contributed by atoms with Crippen LogP contribution in [-0.4, -0.2) is 25.9 Å². The van der Waals surface area contributed by atoms with E-state index in [1.54, 1.807) is 4.72 Å². The lowest BCUT2D eigenvalue weighted by Crippen LogP contribution is -2.32. The summed E-state index contributed by atoms with van der Waals surface area (Å²) in [5.74, 6) is -1.93. The van der Waals surface area contributed by atoms with Crippen LogP contribution in [-0.2, 0) is 19.6 Å². The van der Waals surface area contributed by atoms with Crippen molar-refractivity contribution < 1.29 is 22.8 Å². The van der Waals surface area contributed by atoms with Gasteiger partial charge < -0.3 is 5.73 Å². The highest BCUT2D eigenvalue weighted by atomic mass is 32.2. The molecular weight excluding hydrogens is 284 g/mol. The molecular formula is C12H14N2O5S. The summed E-state index contributed by atoms with van der Waals surface area (Å²) in [5, 5.41) is 0. The van der Waals surface area contributed by atoms with Crippen molar-refractivity contribution in [1.82, 2.24) is 4.72 Å². The first kappa shape index (κ1) is 15.8. The smallest absolute Gasteiger partial charge is 0.264 e. The molecule has 108 valence electrons. The maximum atomic E-state index is 12.0. The molecule has 0 saturated carbocycles. The van der Waals surface area contributed by atoms with Gasteiger partial charge in [0.25, 0.3) is 10.0 Å². The van der Waals surface area contributed by atoms with Crippen molar-refractivity contribution in [3.05, 3.63) is 23.8 Å². The van der Waals surface area contributed by atoms with Gasteiger partial charge in [0.2, 0.25) is 5.91 Å². The van der Waals surface area contributed by atoms with E-state index in [1.165, 1.54) is 19.1 Å². The van der Waals surface area contributed by atoms with Crippen molar-refractivity contribution in [2.75, 3.05) is 5.73 Å². The summed E-state index contributed by atoms with van der Waals surface area (Å²) in [6, 6.07) is 3.65. The number of benzene rings is 1. The van der Waals surface area contributed by atoms with Crippen molar-refractivity contribution >= 4 is 33.2 Å². The zero-order valence-corrected chi connectivity index (χ0v) is 11.8. The maximum absolute atomic E-state index is 12.0. The van der Waals surface area contributed by atoms with Gasteiger partial charge in [-0.15, -0.1) is 0 Å². The van der Waals surface area contributed by atoms with Gasteiger partial charge in [0.15, 0.2) is 5.78 Å². The number of anilines is 1. The van der Waals surface area contributed by atoms with Crippen molar-refractivity contribution in [2.45, 2.75) is 25.2 Å². The maximum Gasteiger partial charge on any atom is 0.264 e. The van der Waals surface area contributed by atoms with Gasteiger partial charge in [0.05, 0.1) is 11.3 Å². The molecule has 0 aliphatic rings. The van der Waals surface area contributed by atoms with E-state index in [0.29, 0.717) is 0 Å². The number of nitrogen functional groups attached to an aromatic ring is 1. The average molecular weight is 298 g/mol.